The summed E-state index contributed by atoms with van der Waals surface area (Å²) in [6, 6.07) is 9.42. The van der Waals surface area contributed by atoms with Gasteiger partial charge in [-0.25, -0.2) is 9.18 Å². The molecule has 0 bridgehead atoms. The molecule has 164 valence electrons. The second kappa shape index (κ2) is 9.32. The molecule has 0 unspecified atom stereocenters. The molecule has 9 nitrogen and oxygen atoms in total. The van der Waals surface area contributed by atoms with Crippen LogP contribution in [0.25, 0.3) is 16.8 Å². The number of halogens is 1. The van der Waals surface area contributed by atoms with Crippen molar-refractivity contribution in [2.45, 2.75) is 6.54 Å². The van der Waals surface area contributed by atoms with Crippen molar-refractivity contribution in [2.24, 2.45) is 0 Å². The second-order valence-electron chi connectivity index (χ2n) is 6.51. The van der Waals surface area contributed by atoms with E-state index in [4.69, 9.17) is 4.42 Å². The Kier molecular flexibility index (Phi) is 6.32. The molecule has 1 aromatic carbocycles. The summed E-state index contributed by atoms with van der Waals surface area (Å²) < 4.78 is 19.7. The van der Waals surface area contributed by atoms with Gasteiger partial charge in [0, 0.05) is 18.7 Å². The highest BCUT2D eigenvalue weighted by atomic mass is 32.2. The van der Waals surface area contributed by atoms with E-state index in [9.17, 15) is 23.6 Å². The highest BCUT2D eigenvalue weighted by Gasteiger charge is 2.34. The summed E-state index contributed by atoms with van der Waals surface area (Å²) in [4.78, 5) is 50.4. The average Bonchev–Trinajstić information content (AvgIpc) is 3.47. The van der Waals surface area contributed by atoms with E-state index in [0.29, 0.717) is 16.6 Å². The van der Waals surface area contributed by atoms with Crippen LogP contribution in [0.15, 0.2) is 55.9 Å². The molecule has 1 aliphatic heterocycles. The Bertz CT molecular complexity index is 1270. The lowest BCUT2D eigenvalue weighted by atomic mass is 10.2. The van der Waals surface area contributed by atoms with E-state index < -0.39 is 28.6 Å². The maximum Gasteiger partial charge on any atom is 0.437 e. The van der Waals surface area contributed by atoms with E-state index in [1.54, 1.807) is 23.6 Å². The fourth-order valence-electron chi connectivity index (χ4n) is 2.83. The first-order valence-electron chi connectivity index (χ1n) is 9.31. The van der Waals surface area contributed by atoms with Gasteiger partial charge >= 0.3 is 5.76 Å². The van der Waals surface area contributed by atoms with Crippen LogP contribution in [0.5, 0.6) is 0 Å². The Labute approximate surface area is 188 Å². The molecule has 4 rings (SSSR count). The standard InChI is InChI=1S/C20H15FN4O5S2/c21-13-5-2-1-4-12(13)10-15-18(27)24(20(29)32-15)8-7-22-16(26)11-25-19(28)30-17(23-25)14-6-3-9-31-14/h1-6,9-10H,7-8,11H2,(H,22,26)/b15-10-. The zero-order valence-electron chi connectivity index (χ0n) is 16.3. The van der Waals surface area contributed by atoms with E-state index in [2.05, 4.69) is 10.4 Å². The van der Waals surface area contributed by atoms with E-state index in [1.807, 2.05) is 0 Å². The van der Waals surface area contributed by atoms with Crippen LogP contribution in [0.2, 0.25) is 0 Å². The molecule has 0 aliphatic carbocycles. The number of imide groups is 1. The number of hydrogen-bond donors (Lipinski definition) is 1. The minimum absolute atomic E-state index is 0.0196. The van der Waals surface area contributed by atoms with Crippen molar-refractivity contribution in [3.8, 4) is 10.8 Å². The van der Waals surface area contributed by atoms with Crippen LogP contribution in [0.3, 0.4) is 0 Å². The molecule has 0 saturated carbocycles. The number of thioether (sulfide) groups is 1. The summed E-state index contributed by atoms with van der Waals surface area (Å²) in [6.07, 6.45) is 1.32. The molecule has 1 saturated heterocycles. The Morgan fingerprint density at radius 1 is 1.19 bits per heavy atom. The Morgan fingerprint density at radius 2 is 2.00 bits per heavy atom. The predicted molar refractivity (Wildman–Crippen MR) is 116 cm³/mol. The molecular formula is C20H15FN4O5S2. The van der Waals surface area contributed by atoms with Gasteiger partial charge in [-0.05, 0) is 35.4 Å². The number of carbonyl (C=O) groups is 3. The van der Waals surface area contributed by atoms with E-state index in [-0.39, 0.29) is 36.0 Å². The number of rotatable bonds is 7. The highest BCUT2D eigenvalue weighted by Crippen LogP contribution is 2.32. The van der Waals surface area contributed by atoms with Crippen LogP contribution in [0, 0.1) is 5.82 Å². The largest absolute Gasteiger partial charge is 0.437 e. The summed E-state index contributed by atoms with van der Waals surface area (Å²) >= 11 is 2.04. The maximum atomic E-state index is 13.8. The lowest BCUT2D eigenvalue weighted by molar-refractivity contribution is -0.124. The maximum absolute atomic E-state index is 13.8. The minimum atomic E-state index is -0.771. The molecule has 32 heavy (non-hydrogen) atoms. The number of hydrogen-bond acceptors (Lipinski definition) is 8. The number of thiophene rings is 1. The first-order chi connectivity index (χ1) is 15.4. The molecule has 1 fully saturated rings. The summed E-state index contributed by atoms with van der Waals surface area (Å²) in [6.45, 7) is -0.462. The van der Waals surface area contributed by atoms with E-state index in [1.165, 1.54) is 35.6 Å². The normalized spacial score (nSPS) is 15.0. The molecule has 1 N–H and O–H groups in total. The van der Waals surface area contributed by atoms with Gasteiger partial charge in [-0.3, -0.25) is 19.3 Å². The third-order valence-corrected chi connectivity index (χ3v) is 6.12. The number of aromatic nitrogens is 2. The molecule has 1 aliphatic rings. The fraction of sp³-hybridized carbons (Fsp3) is 0.150. The van der Waals surface area contributed by atoms with E-state index in [0.717, 1.165) is 9.58 Å². The van der Waals surface area contributed by atoms with Gasteiger partial charge in [0.25, 0.3) is 17.0 Å². The zero-order valence-corrected chi connectivity index (χ0v) is 18.0. The predicted octanol–water partition coefficient (Wildman–Crippen LogP) is 2.56. The number of benzene rings is 1. The SMILES string of the molecule is O=C(Cn1nc(-c2cccs2)oc1=O)NCCN1C(=O)S/C(=C\c2ccccc2F)C1=O. The topological polar surface area (TPSA) is 115 Å². The molecule has 0 spiro atoms. The van der Waals surface area contributed by atoms with Crippen LogP contribution in [0.4, 0.5) is 9.18 Å². The van der Waals surface area contributed by atoms with Crippen LogP contribution in [-0.2, 0) is 16.1 Å². The molecule has 3 aromatic rings. The lowest BCUT2D eigenvalue weighted by Crippen LogP contribution is -2.39. The fourth-order valence-corrected chi connectivity index (χ4v) is 4.33. The smallest absolute Gasteiger partial charge is 0.387 e. The highest BCUT2D eigenvalue weighted by molar-refractivity contribution is 8.18. The number of amides is 3. The first-order valence-corrected chi connectivity index (χ1v) is 11.0. The third-order valence-electron chi connectivity index (χ3n) is 4.35. The zero-order chi connectivity index (χ0) is 22.7. The monoisotopic (exact) mass is 474 g/mol. The Morgan fingerprint density at radius 3 is 2.75 bits per heavy atom. The van der Waals surface area contributed by atoms with Gasteiger partial charge in [0.05, 0.1) is 9.78 Å². The van der Waals surface area contributed by atoms with Crippen molar-refractivity contribution in [3.63, 3.8) is 0 Å². The molecule has 12 heteroatoms. The van der Waals surface area contributed by atoms with Gasteiger partial charge in [-0.2, -0.15) is 4.68 Å². The molecule has 0 atom stereocenters. The van der Waals surface area contributed by atoms with Crippen LogP contribution in [-0.4, -0.2) is 44.8 Å². The van der Waals surface area contributed by atoms with Crippen molar-refractivity contribution in [1.82, 2.24) is 20.0 Å². The molecular weight excluding hydrogens is 459 g/mol. The Balaban J connectivity index is 1.32. The van der Waals surface area contributed by atoms with Gasteiger partial charge in [0.2, 0.25) is 5.91 Å². The molecule has 3 amide bonds. The molecule has 0 radical (unpaired) electrons. The quantitative estimate of drug-likeness (QED) is 0.524. The summed E-state index contributed by atoms with van der Waals surface area (Å²) in [5.74, 6) is -2.25. The van der Waals surface area contributed by atoms with Crippen molar-refractivity contribution >= 4 is 46.2 Å². The van der Waals surface area contributed by atoms with E-state index >= 15 is 0 Å². The molecule has 2 aromatic heterocycles. The van der Waals surface area contributed by atoms with Gasteiger partial charge in [-0.1, -0.05) is 24.3 Å². The molecule has 3 heterocycles. The van der Waals surface area contributed by atoms with Crippen LogP contribution < -0.4 is 11.1 Å². The third kappa shape index (κ3) is 4.70. The lowest BCUT2D eigenvalue weighted by Gasteiger charge is -2.12. The number of nitrogens with one attached hydrogen (secondary N) is 1. The summed E-state index contributed by atoms with van der Waals surface area (Å²) in [5, 5.41) is 7.81. The van der Waals surface area contributed by atoms with Crippen molar-refractivity contribution in [3.05, 3.63) is 68.6 Å². The van der Waals surface area contributed by atoms with Gasteiger partial charge in [-0.15, -0.1) is 16.4 Å². The van der Waals surface area contributed by atoms with Crippen molar-refractivity contribution < 1.29 is 23.2 Å². The Hall–Kier alpha value is -3.51. The number of carbonyl (C=O) groups excluding carboxylic acids is 3. The summed E-state index contributed by atoms with van der Waals surface area (Å²) in [5.41, 5.74) is 0.200. The average molecular weight is 474 g/mol. The number of nitrogens with zero attached hydrogens (tertiary/aromatic N) is 3. The van der Waals surface area contributed by atoms with Gasteiger partial charge < -0.3 is 9.73 Å². The van der Waals surface area contributed by atoms with Gasteiger partial charge in [0.1, 0.15) is 12.4 Å². The minimum Gasteiger partial charge on any atom is -0.387 e. The van der Waals surface area contributed by atoms with Crippen molar-refractivity contribution in [2.75, 3.05) is 13.1 Å². The van der Waals surface area contributed by atoms with Crippen molar-refractivity contribution in [1.29, 1.82) is 0 Å². The van der Waals surface area contributed by atoms with Crippen LogP contribution in [0.1, 0.15) is 5.56 Å². The van der Waals surface area contributed by atoms with Crippen LogP contribution >= 0.6 is 23.1 Å². The summed E-state index contributed by atoms with van der Waals surface area (Å²) in [7, 11) is 0. The van der Waals surface area contributed by atoms with Gasteiger partial charge in [0.15, 0.2) is 0 Å². The second-order valence-corrected chi connectivity index (χ2v) is 8.45. The first kappa shape index (κ1) is 21.7.